The van der Waals surface area contributed by atoms with E-state index < -0.39 is 10.4 Å². The van der Waals surface area contributed by atoms with E-state index in [-0.39, 0.29) is 0 Å². The molecule has 0 heterocycles. The second-order valence-corrected chi connectivity index (χ2v) is 3.55. The minimum absolute atomic E-state index is 0.532. The minimum Gasteiger partial charge on any atom is -0.492 e. The van der Waals surface area contributed by atoms with Crippen molar-refractivity contribution in [3.05, 3.63) is 24.3 Å². The largest absolute Gasteiger partial charge is 0.492 e. The third kappa shape index (κ3) is 10.7. The summed E-state index contributed by atoms with van der Waals surface area (Å²) in [6, 6.07) is 7.24. The van der Waals surface area contributed by atoms with Crippen LogP contribution in [0.2, 0.25) is 0 Å². The first-order valence-corrected chi connectivity index (χ1v) is 5.61. The Bertz CT molecular complexity index is 381. The Morgan fingerprint density at radius 2 is 1.62 bits per heavy atom. The molecule has 1 aromatic carbocycles. The number of rotatable bonds is 3. The molecule has 0 spiro atoms. The Labute approximate surface area is 93.6 Å². The molecule has 0 saturated carbocycles. The van der Waals surface area contributed by atoms with Crippen LogP contribution < -0.4 is 16.2 Å². The fourth-order valence-electron chi connectivity index (χ4n) is 0.741. The predicted molar refractivity (Wildman–Crippen MR) is 59.6 cm³/mol. The molecular formula is C8H14N2O5S. The summed E-state index contributed by atoms with van der Waals surface area (Å²) in [4.78, 5) is 0. The molecule has 0 atom stereocenters. The monoisotopic (exact) mass is 250 g/mol. The molecule has 0 aliphatic carbocycles. The van der Waals surface area contributed by atoms with Crippen LogP contribution in [0.15, 0.2) is 24.3 Å². The lowest BCUT2D eigenvalue weighted by Gasteiger charge is -2.03. The summed E-state index contributed by atoms with van der Waals surface area (Å²) in [6.45, 7) is 1.08. The van der Waals surface area contributed by atoms with E-state index in [0.717, 1.165) is 11.4 Å². The van der Waals surface area contributed by atoms with Crippen molar-refractivity contribution in [3.63, 3.8) is 0 Å². The van der Waals surface area contributed by atoms with Crippen molar-refractivity contribution in [2.75, 3.05) is 18.9 Å². The summed E-state index contributed by atoms with van der Waals surface area (Å²) < 4.78 is 36.8. The van der Waals surface area contributed by atoms with Gasteiger partial charge in [0.15, 0.2) is 0 Å². The van der Waals surface area contributed by atoms with E-state index in [2.05, 4.69) is 0 Å². The number of nitrogens with two attached hydrogens (primary N) is 2. The highest BCUT2D eigenvalue weighted by molar-refractivity contribution is 7.79. The van der Waals surface area contributed by atoms with Crippen LogP contribution in [-0.4, -0.2) is 30.7 Å². The van der Waals surface area contributed by atoms with E-state index in [1.54, 1.807) is 12.1 Å². The second kappa shape index (κ2) is 7.01. The highest BCUT2D eigenvalue weighted by Gasteiger charge is 1.90. The van der Waals surface area contributed by atoms with Gasteiger partial charge >= 0.3 is 10.4 Å². The van der Waals surface area contributed by atoms with Gasteiger partial charge in [0.1, 0.15) is 12.4 Å². The van der Waals surface area contributed by atoms with Gasteiger partial charge in [-0.05, 0) is 24.3 Å². The van der Waals surface area contributed by atoms with Gasteiger partial charge in [0.05, 0.1) is 0 Å². The molecule has 0 radical (unpaired) electrons. The summed E-state index contributed by atoms with van der Waals surface area (Å²) >= 11 is 0. The third-order valence-corrected chi connectivity index (χ3v) is 1.27. The quantitative estimate of drug-likeness (QED) is 0.436. The Kier molecular flexibility index (Phi) is 6.42. The SMILES string of the molecule is NCCOc1ccc(N)cc1.O=S(=O)(O)O. The average Bonchev–Trinajstić information content (AvgIpc) is 2.14. The molecule has 6 N–H and O–H groups in total. The molecule has 0 amide bonds. The van der Waals surface area contributed by atoms with E-state index in [0.29, 0.717) is 13.2 Å². The van der Waals surface area contributed by atoms with Gasteiger partial charge in [0, 0.05) is 12.2 Å². The van der Waals surface area contributed by atoms with Crippen molar-refractivity contribution in [1.29, 1.82) is 0 Å². The average molecular weight is 250 g/mol. The lowest BCUT2D eigenvalue weighted by molar-refractivity contribution is 0.328. The summed E-state index contributed by atoms with van der Waals surface area (Å²) in [6.07, 6.45) is 0. The molecule has 0 saturated heterocycles. The fraction of sp³-hybridized carbons (Fsp3) is 0.250. The molecule has 16 heavy (non-hydrogen) atoms. The highest BCUT2D eigenvalue weighted by Crippen LogP contribution is 2.12. The van der Waals surface area contributed by atoms with Crippen molar-refractivity contribution >= 4 is 16.1 Å². The zero-order valence-electron chi connectivity index (χ0n) is 8.41. The molecule has 1 rings (SSSR count). The lowest BCUT2D eigenvalue weighted by Crippen LogP contribution is -2.10. The molecule has 0 aliphatic heterocycles. The van der Waals surface area contributed by atoms with Crippen LogP contribution in [0.3, 0.4) is 0 Å². The Morgan fingerprint density at radius 3 is 2.00 bits per heavy atom. The van der Waals surface area contributed by atoms with E-state index >= 15 is 0 Å². The molecule has 0 aromatic heterocycles. The first kappa shape index (κ1) is 14.6. The maximum Gasteiger partial charge on any atom is 0.394 e. The van der Waals surface area contributed by atoms with E-state index in [1.807, 2.05) is 12.1 Å². The molecule has 92 valence electrons. The predicted octanol–water partition coefficient (Wildman–Crippen LogP) is -0.0465. The summed E-state index contributed by atoms with van der Waals surface area (Å²) in [5.74, 6) is 0.810. The zero-order valence-corrected chi connectivity index (χ0v) is 9.22. The fourth-order valence-corrected chi connectivity index (χ4v) is 0.741. The summed E-state index contributed by atoms with van der Waals surface area (Å²) in [5.41, 5.74) is 11.5. The molecule has 1 aromatic rings. The molecule has 0 unspecified atom stereocenters. The summed E-state index contributed by atoms with van der Waals surface area (Å²) in [7, 11) is -4.67. The maximum atomic E-state index is 8.74. The lowest BCUT2D eigenvalue weighted by atomic mass is 10.3. The van der Waals surface area contributed by atoms with Gasteiger partial charge in [-0.15, -0.1) is 0 Å². The van der Waals surface area contributed by atoms with Crippen molar-refractivity contribution in [2.45, 2.75) is 0 Å². The van der Waals surface area contributed by atoms with Crippen LogP contribution >= 0.6 is 0 Å². The van der Waals surface area contributed by atoms with Crippen molar-refractivity contribution in [1.82, 2.24) is 0 Å². The number of nitrogen functional groups attached to an aromatic ring is 1. The highest BCUT2D eigenvalue weighted by atomic mass is 32.3. The number of anilines is 1. The summed E-state index contributed by atoms with van der Waals surface area (Å²) in [5, 5.41) is 0. The van der Waals surface area contributed by atoms with Gasteiger partial charge in [0.25, 0.3) is 0 Å². The van der Waals surface area contributed by atoms with E-state index in [1.165, 1.54) is 0 Å². The molecular weight excluding hydrogens is 236 g/mol. The number of hydrogen-bond donors (Lipinski definition) is 4. The van der Waals surface area contributed by atoms with Crippen LogP contribution in [0.5, 0.6) is 5.75 Å². The minimum atomic E-state index is -4.67. The Hall–Kier alpha value is -1.35. The number of hydrogen-bond acceptors (Lipinski definition) is 5. The molecule has 0 aliphatic rings. The first-order chi connectivity index (χ1) is 7.33. The number of ether oxygens (including phenoxy) is 1. The van der Waals surface area contributed by atoms with E-state index in [9.17, 15) is 0 Å². The van der Waals surface area contributed by atoms with Crippen LogP contribution in [0.25, 0.3) is 0 Å². The van der Waals surface area contributed by atoms with Crippen molar-refractivity contribution in [2.24, 2.45) is 5.73 Å². The van der Waals surface area contributed by atoms with Crippen LogP contribution in [-0.2, 0) is 10.4 Å². The Balaban J connectivity index is 0.000000385. The van der Waals surface area contributed by atoms with Crippen molar-refractivity contribution in [3.8, 4) is 5.75 Å². The van der Waals surface area contributed by atoms with Gasteiger partial charge in [-0.1, -0.05) is 0 Å². The van der Waals surface area contributed by atoms with Gasteiger partial charge in [0.2, 0.25) is 0 Å². The standard InChI is InChI=1S/C8H12N2O.H2O4S/c9-5-6-11-8-3-1-7(10)2-4-8;1-5(2,3)4/h1-4H,5-6,9-10H2;(H2,1,2,3,4). The van der Waals surface area contributed by atoms with Gasteiger partial charge < -0.3 is 16.2 Å². The first-order valence-electron chi connectivity index (χ1n) is 4.21. The van der Waals surface area contributed by atoms with Crippen molar-refractivity contribution < 1.29 is 22.3 Å². The maximum absolute atomic E-state index is 8.74. The van der Waals surface area contributed by atoms with Crippen LogP contribution in [0, 0.1) is 0 Å². The molecule has 7 nitrogen and oxygen atoms in total. The van der Waals surface area contributed by atoms with Gasteiger partial charge in [-0.3, -0.25) is 9.11 Å². The third-order valence-electron chi connectivity index (χ3n) is 1.27. The topological polar surface area (TPSA) is 136 Å². The van der Waals surface area contributed by atoms with Gasteiger partial charge in [-0.25, -0.2) is 0 Å². The smallest absolute Gasteiger partial charge is 0.394 e. The number of benzene rings is 1. The van der Waals surface area contributed by atoms with Crippen LogP contribution in [0.1, 0.15) is 0 Å². The molecule has 0 bridgehead atoms. The zero-order chi connectivity index (χ0) is 12.6. The van der Waals surface area contributed by atoms with Crippen LogP contribution in [0.4, 0.5) is 5.69 Å². The van der Waals surface area contributed by atoms with Gasteiger partial charge in [-0.2, -0.15) is 8.42 Å². The normalized spacial score (nSPS) is 10.2. The molecule has 8 heteroatoms. The second-order valence-electron chi connectivity index (χ2n) is 2.65. The Morgan fingerprint density at radius 1 is 1.19 bits per heavy atom. The van der Waals surface area contributed by atoms with E-state index in [4.69, 9.17) is 33.7 Å². The molecule has 0 fully saturated rings.